The highest BCUT2D eigenvalue weighted by Gasteiger charge is 2.58. The van der Waals surface area contributed by atoms with Crippen molar-refractivity contribution in [1.82, 2.24) is 4.90 Å². The Kier molecular flexibility index (Phi) is 8.39. The van der Waals surface area contributed by atoms with Gasteiger partial charge in [0.2, 0.25) is 0 Å². The summed E-state index contributed by atoms with van der Waals surface area (Å²) < 4.78 is 45.9. The highest BCUT2D eigenvalue weighted by atomic mass is 35.5. The number of nitriles is 1. The molecule has 0 aromatic heterocycles. The van der Waals surface area contributed by atoms with Crippen molar-refractivity contribution in [3.05, 3.63) is 65.2 Å². The van der Waals surface area contributed by atoms with Crippen LogP contribution in [0.3, 0.4) is 0 Å². The predicted octanol–water partition coefficient (Wildman–Crippen LogP) is 3.82. The van der Waals surface area contributed by atoms with E-state index in [1.807, 2.05) is 0 Å². The third-order valence-electron chi connectivity index (χ3n) is 5.96. The second-order valence-corrected chi connectivity index (χ2v) is 8.43. The van der Waals surface area contributed by atoms with E-state index < -0.39 is 53.4 Å². The van der Waals surface area contributed by atoms with Crippen LogP contribution in [0.25, 0.3) is 0 Å². The van der Waals surface area contributed by atoms with Gasteiger partial charge in [0, 0.05) is 7.05 Å². The number of halogens is 4. The molecule has 8 nitrogen and oxygen atoms in total. The zero-order chi connectivity index (χ0) is 26.1. The minimum Gasteiger partial charge on any atom is -0.461 e. The molecular weight excluding hydrogens is 501 g/mol. The molecule has 1 heterocycles. The zero-order valence-corrected chi connectivity index (χ0v) is 20.4. The summed E-state index contributed by atoms with van der Waals surface area (Å²) >= 11 is 0. The number of likely N-dealkylation sites (N-methyl/N-ethyl adjacent to an activating group) is 1. The first-order valence-electron chi connectivity index (χ1n) is 10.6. The van der Waals surface area contributed by atoms with Crippen LogP contribution >= 0.6 is 12.4 Å². The Hall–Kier alpha value is -3.62. The van der Waals surface area contributed by atoms with Crippen LogP contribution in [0, 0.1) is 17.2 Å². The van der Waals surface area contributed by atoms with Gasteiger partial charge < -0.3 is 15.4 Å². The first kappa shape index (κ1) is 28.6. The molecule has 12 heteroatoms. The Labute approximate surface area is 211 Å². The van der Waals surface area contributed by atoms with Crippen molar-refractivity contribution < 1.29 is 32.3 Å². The molecule has 1 saturated heterocycles. The summed E-state index contributed by atoms with van der Waals surface area (Å²) in [6, 6.07) is 10.1. The normalized spacial score (nSPS) is 18.6. The number of anilines is 1. The lowest BCUT2D eigenvalue weighted by Crippen LogP contribution is -2.50. The second kappa shape index (κ2) is 10.6. The van der Waals surface area contributed by atoms with Crippen molar-refractivity contribution >= 4 is 36.0 Å². The minimum absolute atomic E-state index is 0. The van der Waals surface area contributed by atoms with Gasteiger partial charge in [-0.05, 0) is 29.7 Å². The van der Waals surface area contributed by atoms with Crippen LogP contribution in [0.4, 0.5) is 23.7 Å². The maximum Gasteiger partial charge on any atom is 0.417 e. The molecule has 0 saturated carbocycles. The van der Waals surface area contributed by atoms with E-state index in [0.717, 1.165) is 17.0 Å². The van der Waals surface area contributed by atoms with Crippen LogP contribution in [0.5, 0.6) is 0 Å². The smallest absolute Gasteiger partial charge is 0.417 e. The highest BCUT2D eigenvalue weighted by Crippen LogP contribution is 2.41. The standard InChI is InChI=1S/C24H23F3N4O4.ClH/c1-14(2)19(29)20(32)35-13-23(16-7-5-4-6-8-16)21(33)31(22(34)30(23)3)17-10-9-15(12-28)18(11-17)24(25,26)27;/h4-11,14,19H,13,29H2,1-3H3;1H/t19?,23-;/m1./s1. The van der Waals surface area contributed by atoms with Gasteiger partial charge in [-0.3, -0.25) is 9.59 Å². The molecule has 0 radical (unpaired) electrons. The number of ether oxygens (including phenoxy) is 1. The Morgan fingerprint density at radius 1 is 1.17 bits per heavy atom. The lowest BCUT2D eigenvalue weighted by molar-refractivity contribution is -0.151. The third-order valence-corrected chi connectivity index (χ3v) is 5.96. The quantitative estimate of drug-likeness (QED) is 0.453. The summed E-state index contributed by atoms with van der Waals surface area (Å²) in [6.07, 6.45) is -4.89. The molecule has 192 valence electrons. The molecule has 36 heavy (non-hydrogen) atoms. The average molecular weight is 525 g/mol. The van der Waals surface area contributed by atoms with Gasteiger partial charge >= 0.3 is 18.2 Å². The van der Waals surface area contributed by atoms with E-state index in [9.17, 15) is 27.6 Å². The molecule has 1 fully saturated rings. The molecule has 3 amide bonds. The topological polar surface area (TPSA) is 117 Å². The van der Waals surface area contributed by atoms with E-state index in [0.29, 0.717) is 16.5 Å². The Balaban J connectivity index is 0.00000456. The molecular formula is C24H24ClF3N4O4. The summed E-state index contributed by atoms with van der Waals surface area (Å²) in [6.45, 7) is 2.82. The summed E-state index contributed by atoms with van der Waals surface area (Å²) in [5.74, 6) is -1.97. The van der Waals surface area contributed by atoms with Crippen molar-refractivity contribution in [2.45, 2.75) is 31.6 Å². The molecule has 1 aliphatic rings. The molecule has 1 unspecified atom stereocenters. The van der Waals surface area contributed by atoms with Gasteiger partial charge in [0.05, 0.1) is 22.9 Å². The van der Waals surface area contributed by atoms with Gasteiger partial charge in [0.15, 0.2) is 5.54 Å². The van der Waals surface area contributed by atoms with Crippen molar-refractivity contribution in [2.75, 3.05) is 18.6 Å². The number of urea groups is 1. The van der Waals surface area contributed by atoms with Crippen molar-refractivity contribution in [2.24, 2.45) is 11.7 Å². The number of carbonyl (C=O) groups is 3. The van der Waals surface area contributed by atoms with Gasteiger partial charge in [-0.1, -0.05) is 44.2 Å². The molecule has 2 aromatic rings. The maximum atomic E-state index is 13.8. The fraction of sp³-hybridized carbons (Fsp3) is 0.333. The van der Waals surface area contributed by atoms with Crippen molar-refractivity contribution in [3.63, 3.8) is 0 Å². The van der Waals surface area contributed by atoms with Crippen LogP contribution in [0.1, 0.15) is 30.5 Å². The van der Waals surface area contributed by atoms with Crippen LogP contribution < -0.4 is 10.6 Å². The fourth-order valence-electron chi connectivity index (χ4n) is 3.78. The maximum absolute atomic E-state index is 13.8. The summed E-state index contributed by atoms with van der Waals surface area (Å²) in [7, 11) is 1.29. The molecule has 2 aromatic carbocycles. The van der Waals surface area contributed by atoms with Gasteiger partial charge in [0.25, 0.3) is 5.91 Å². The number of nitrogens with zero attached hydrogens (tertiary/aromatic N) is 3. The number of esters is 1. The number of imide groups is 1. The third kappa shape index (κ3) is 4.87. The van der Waals surface area contributed by atoms with Gasteiger partial charge in [-0.2, -0.15) is 18.4 Å². The Morgan fingerprint density at radius 2 is 1.78 bits per heavy atom. The first-order chi connectivity index (χ1) is 16.4. The molecule has 2 atom stereocenters. The molecule has 0 aliphatic carbocycles. The minimum atomic E-state index is -4.89. The number of hydrogen-bond acceptors (Lipinski definition) is 6. The largest absolute Gasteiger partial charge is 0.461 e. The predicted molar refractivity (Wildman–Crippen MR) is 126 cm³/mol. The number of benzene rings is 2. The van der Waals surface area contributed by atoms with Crippen LogP contribution in [-0.4, -0.2) is 42.5 Å². The van der Waals surface area contributed by atoms with Crippen molar-refractivity contribution in [1.29, 1.82) is 5.26 Å². The lowest BCUT2D eigenvalue weighted by Gasteiger charge is -2.33. The summed E-state index contributed by atoms with van der Waals surface area (Å²) in [4.78, 5) is 41.1. The second-order valence-electron chi connectivity index (χ2n) is 8.43. The van der Waals surface area contributed by atoms with Crippen LogP contribution in [0.15, 0.2) is 48.5 Å². The number of hydrogen-bond donors (Lipinski definition) is 1. The van der Waals surface area contributed by atoms with E-state index in [1.165, 1.54) is 13.1 Å². The SMILES string of the molecule is CC(C)C(N)C(=O)OC[C@@]1(c2ccccc2)C(=O)N(c2ccc(C#N)c(C(F)(F)F)c2)C(=O)N1C.Cl. The average Bonchev–Trinajstić information content (AvgIpc) is 3.02. The van der Waals surface area contributed by atoms with Crippen LogP contribution in [0.2, 0.25) is 0 Å². The molecule has 0 bridgehead atoms. The van der Waals surface area contributed by atoms with E-state index >= 15 is 0 Å². The van der Waals surface area contributed by atoms with E-state index in [-0.39, 0.29) is 24.0 Å². The number of nitrogens with two attached hydrogens (primary N) is 1. The number of alkyl halides is 3. The van der Waals surface area contributed by atoms with E-state index in [4.69, 9.17) is 15.7 Å². The number of amides is 3. The van der Waals surface area contributed by atoms with E-state index in [1.54, 1.807) is 44.2 Å². The molecule has 1 aliphatic heterocycles. The molecule has 3 rings (SSSR count). The van der Waals surface area contributed by atoms with Gasteiger partial charge in [-0.15, -0.1) is 12.4 Å². The number of rotatable bonds is 6. The summed E-state index contributed by atoms with van der Waals surface area (Å²) in [5, 5.41) is 9.06. The highest BCUT2D eigenvalue weighted by molar-refractivity contribution is 6.23. The number of carbonyl (C=O) groups excluding carboxylic acids is 3. The molecule has 0 spiro atoms. The Morgan fingerprint density at radius 3 is 2.31 bits per heavy atom. The first-order valence-corrected chi connectivity index (χ1v) is 10.6. The van der Waals surface area contributed by atoms with Gasteiger partial charge in [0.1, 0.15) is 12.6 Å². The molecule has 2 N–H and O–H groups in total. The fourth-order valence-corrected chi connectivity index (χ4v) is 3.78. The van der Waals surface area contributed by atoms with Crippen LogP contribution in [-0.2, 0) is 26.0 Å². The lowest BCUT2D eigenvalue weighted by atomic mass is 9.89. The Bertz CT molecular complexity index is 1200. The monoisotopic (exact) mass is 524 g/mol. The zero-order valence-electron chi connectivity index (χ0n) is 19.6. The van der Waals surface area contributed by atoms with E-state index in [2.05, 4.69) is 0 Å². The van der Waals surface area contributed by atoms with Crippen molar-refractivity contribution in [3.8, 4) is 6.07 Å². The van der Waals surface area contributed by atoms with Gasteiger partial charge in [-0.25, -0.2) is 9.69 Å². The summed E-state index contributed by atoms with van der Waals surface area (Å²) in [5.41, 5.74) is 1.97.